The summed E-state index contributed by atoms with van der Waals surface area (Å²) in [4.78, 5) is 13.0. The maximum Gasteiger partial charge on any atom is 0.303 e. The number of benzene rings is 1. The van der Waals surface area contributed by atoms with Crippen LogP contribution in [0.5, 0.6) is 0 Å². The van der Waals surface area contributed by atoms with Crippen molar-refractivity contribution in [3.63, 3.8) is 0 Å². The van der Waals surface area contributed by atoms with Gasteiger partial charge in [-0.15, -0.1) is 0 Å². The Morgan fingerprint density at radius 1 is 1.37 bits per heavy atom. The van der Waals surface area contributed by atoms with Gasteiger partial charge in [0.25, 0.3) is 0 Å². The highest BCUT2D eigenvalue weighted by atomic mass is 79.9. The maximum absolute atomic E-state index is 10.5. The van der Waals surface area contributed by atoms with Crippen molar-refractivity contribution < 1.29 is 9.90 Å². The number of carboxylic acid groups (broad SMARTS) is 1. The van der Waals surface area contributed by atoms with Gasteiger partial charge >= 0.3 is 5.97 Å². The first-order valence-corrected chi connectivity index (χ1v) is 7.65. The fraction of sp³-hybridized carbons (Fsp3) is 0.533. The fourth-order valence-electron chi connectivity index (χ4n) is 2.29. The maximum atomic E-state index is 10.5. The zero-order chi connectivity index (χ0) is 13.7. The minimum absolute atomic E-state index is 0.287. The van der Waals surface area contributed by atoms with Crippen LogP contribution < -0.4 is 0 Å². The Balaban J connectivity index is 1.81. The van der Waals surface area contributed by atoms with Gasteiger partial charge in [-0.05, 0) is 49.9 Å². The topological polar surface area (TPSA) is 40.5 Å². The van der Waals surface area contributed by atoms with Gasteiger partial charge in [0, 0.05) is 23.5 Å². The van der Waals surface area contributed by atoms with Crippen molar-refractivity contribution >= 4 is 21.9 Å². The molecule has 1 aliphatic carbocycles. The minimum atomic E-state index is -0.690. The molecule has 1 aliphatic rings. The van der Waals surface area contributed by atoms with E-state index in [1.165, 1.54) is 18.4 Å². The molecule has 4 heteroatoms. The summed E-state index contributed by atoms with van der Waals surface area (Å²) in [6, 6.07) is 9.13. The zero-order valence-electron chi connectivity index (χ0n) is 11.0. The average molecular weight is 326 g/mol. The lowest BCUT2D eigenvalue weighted by atomic mass is 10.2. The van der Waals surface area contributed by atoms with Crippen LogP contribution >= 0.6 is 15.9 Å². The third kappa shape index (κ3) is 5.33. The average Bonchev–Trinajstić information content (AvgIpc) is 3.17. The number of nitrogens with zero attached hydrogens (tertiary/aromatic N) is 1. The molecule has 1 saturated carbocycles. The Hall–Kier alpha value is -0.870. The van der Waals surface area contributed by atoms with Gasteiger partial charge in [-0.3, -0.25) is 9.69 Å². The summed E-state index contributed by atoms with van der Waals surface area (Å²) in [5.41, 5.74) is 1.32. The smallest absolute Gasteiger partial charge is 0.303 e. The predicted molar refractivity (Wildman–Crippen MR) is 79.1 cm³/mol. The molecule has 0 radical (unpaired) electrons. The molecule has 0 unspecified atom stereocenters. The number of rotatable bonds is 8. The van der Waals surface area contributed by atoms with Crippen molar-refractivity contribution in [2.24, 2.45) is 0 Å². The molecule has 0 saturated heterocycles. The first kappa shape index (κ1) is 14.5. The molecule has 0 aliphatic heterocycles. The van der Waals surface area contributed by atoms with E-state index in [0.29, 0.717) is 6.04 Å². The highest BCUT2D eigenvalue weighted by Gasteiger charge is 2.28. The lowest BCUT2D eigenvalue weighted by Crippen LogP contribution is -2.26. The Morgan fingerprint density at radius 2 is 2.16 bits per heavy atom. The van der Waals surface area contributed by atoms with Crippen molar-refractivity contribution in [1.82, 2.24) is 4.90 Å². The Labute approximate surface area is 122 Å². The Kier molecular flexibility index (Phi) is 5.40. The van der Waals surface area contributed by atoms with Crippen molar-refractivity contribution in [2.45, 2.75) is 44.7 Å². The predicted octanol–water partition coefficient (Wildman–Crippen LogP) is 3.67. The molecular weight excluding hydrogens is 306 g/mol. The molecular formula is C15H20BrNO2. The molecule has 0 aromatic heterocycles. The summed E-state index contributed by atoms with van der Waals surface area (Å²) in [5, 5.41) is 8.65. The Morgan fingerprint density at radius 3 is 2.79 bits per heavy atom. The molecule has 104 valence electrons. The van der Waals surface area contributed by atoms with Crippen LogP contribution in [0.4, 0.5) is 0 Å². The fourth-order valence-corrected chi connectivity index (χ4v) is 2.74. The number of unbranched alkanes of at least 4 members (excludes halogenated alkanes) is 1. The van der Waals surface area contributed by atoms with Crippen molar-refractivity contribution in [1.29, 1.82) is 0 Å². The molecule has 0 spiro atoms. The van der Waals surface area contributed by atoms with E-state index >= 15 is 0 Å². The number of aliphatic carboxylic acids is 1. The van der Waals surface area contributed by atoms with E-state index in [1.54, 1.807) is 0 Å². The highest BCUT2D eigenvalue weighted by Crippen LogP contribution is 2.29. The van der Waals surface area contributed by atoms with Crippen LogP contribution in [0.3, 0.4) is 0 Å². The van der Waals surface area contributed by atoms with Gasteiger partial charge in [-0.2, -0.15) is 0 Å². The molecule has 19 heavy (non-hydrogen) atoms. The third-order valence-corrected chi connectivity index (χ3v) is 3.92. The molecule has 2 rings (SSSR count). The highest BCUT2D eigenvalue weighted by molar-refractivity contribution is 9.10. The van der Waals surface area contributed by atoms with Crippen LogP contribution in [0.2, 0.25) is 0 Å². The largest absolute Gasteiger partial charge is 0.481 e. The third-order valence-electron chi connectivity index (χ3n) is 3.42. The molecule has 1 aromatic rings. The van der Waals surface area contributed by atoms with Gasteiger partial charge in [0.2, 0.25) is 0 Å². The van der Waals surface area contributed by atoms with Crippen molar-refractivity contribution in [2.75, 3.05) is 6.54 Å². The molecule has 0 heterocycles. The second kappa shape index (κ2) is 7.06. The van der Waals surface area contributed by atoms with Gasteiger partial charge in [0.1, 0.15) is 0 Å². The summed E-state index contributed by atoms with van der Waals surface area (Å²) in [5.74, 6) is -0.690. The van der Waals surface area contributed by atoms with E-state index < -0.39 is 5.97 Å². The second-order valence-electron chi connectivity index (χ2n) is 5.18. The van der Waals surface area contributed by atoms with Crippen molar-refractivity contribution in [3.8, 4) is 0 Å². The van der Waals surface area contributed by atoms with E-state index in [1.807, 2.05) is 6.07 Å². The normalized spacial score (nSPS) is 14.8. The van der Waals surface area contributed by atoms with Gasteiger partial charge in [-0.1, -0.05) is 28.1 Å². The van der Waals surface area contributed by atoms with E-state index in [0.717, 1.165) is 30.4 Å². The lowest BCUT2D eigenvalue weighted by Gasteiger charge is -2.22. The summed E-state index contributed by atoms with van der Waals surface area (Å²) < 4.78 is 1.12. The molecule has 1 fully saturated rings. The van der Waals surface area contributed by atoms with Crippen LogP contribution in [0.25, 0.3) is 0 Å². The SMILES string of the molecule is O=C(O)CCCCN(Cc1cccc(Br)c1)C1CC1. The molecule has 0 atom stereocenters. The number of hydrogen-bond acceptors (Lipinski definition) is 2. The van der Waals surface area contributed by atoms with E-state index in [2.05, 4.69) is 39.0 Å². The van der Waals surface area contributed by atoms with E-state index in [9.17, 15) is 4.79 Å². The second-order valence-corrected chi connectivity index (χ2v) is 6.10. The number of halogens is 1. The minimum Gasteiger partial charge on any atom is -0.481 e. The zero-order valence-corrected chi connectivity index (χ0v) is 12.6. The molecule has 1 aromatic carbocycles. The number of carboxylic acids is 1. The molecule has 0 amide bonds. The number of carbonyl (C=O) groups is 1. The van der Waals surface area contributed by atoms with Gasteiger partial charge in [-0.25, -0.2) is 0 Å². The summed E-state index contributed by atoms with van der Waals surface area (Å²) in [7, 11) is 0. The summed E-state index contributed by atoms with van der Waals surface area (Å²) in [6.07, 6.45) is 4.60. The van der Waals surface area contributed by atoms with Crippen LogP contribution in [0.15, 0.2) is 28.7 Å². The van der Waals surface area contributed by atoms with Crippen LogP contribution in [-0.4, -0.2) is 28.6 Å². The van der Waals surface area contributed by atoms with E-state index in [4.69, 9.17) is 5.11 Å². The quantitative estimate of drug-likeness (QED) is 0.741. The summed E-state index contributed by atoms with van der Waals surface area (Å²) in [6.45, 7) is 1.97. The summed E-state index contributed by atoms with van der Waals surface area (Å²) >= 11 is 3.50. The monoisotopic (exact) mass is 325 g/mol. The molecule has 1 N–H and O–H groups in total. The van der Waals surface area contributed by atoms with Crippen molar-refractivity contribution in [3.05, 3.63) is 34.3 Å². The molecule has 0 bridgehead atoms. The van der Waals surface area contributed by atoms with E-state index in [-0.39, 0.29) is 6.42 Å². The van der Waals surface area contributed by atoms with Crippen LogP contribution in [0, 0.1) is 0 Å². The van der Waals surface area contributed by atoms with Gasteiger partial charge in [0.15, 0.2) is 0 Å². The first-order chi connectivity index (χ1) is 9.15. The van der Waals surface area contributed by atoms with Crippen LogP contribution in [-0.2, 0) is 11.3 Å². The van der Waals surface area contributed by atoms with Gasteiger partial charge in [0.05, 0.1) is 0 Å². The Bertz CT molecular complexity index is 432. The van der Waals surface area contributed by atoms with Crippen LogP contribution in [0.1, 0.15) is 37.7 Å². The standard InChI is InChI=1S/C15H20BrNO2/c16-13-5-3-4-12(10-13)11-17(14-7-8-14)9-2-1-6-15(18)19/h3-5,10,14H,1-2,6-9,11H2,(H,18,19). The lowest BCUT2D eigenvalue weighted by molar-refractivity contribution is -0.137. The number of hydrogen-bond donors (Lipinski definition) is 1. The molecule has 3 nitrogen and oxygen atoms in total. The van der Waals surface area contributed by atoms with Gasteiger partial charge < -0.3 is 5.11 Å². The first-order valence-electron chi connectivity index (χ1n) is 6.85.